The molecule has 1 amide bonds. The SMILES string of the molecule is CC#CCn1c(N2CCCC(N)C2)nc(NC)c1C(=O)NCC1=Cc2ccccc2N(C)C2=C1C=CCC2. The highest BCUT2D eigenvalue weighted by molar-refractivity contribution is 5.98. The Kier molecular flexibility index (Phi) is 7.57. The lowest BCUT2D eigenvalue weighted by Crippen LogP contribution is -2.44. The summed E-state index contributed by atoms with van der Waals surface area (Å²) in [7, 11) is 3.93. The Labute approximate surface area is 225 Å². The van der Waals surface area contributed by atoms with Gasteiger partial charge in [-0.2, -0.15) is 4.98 Å². The van der Waals surface area contributed by atoms with E-state index in [-0.39, 0.29) is 11.9 Å². The molecule has 3 heterocycles. The molecule has 4 N–H and O–H groups in total. The van der Waals surface area contributed by atoms with E-state index in [0.717, 1.165) is 49.3 Å². The van der Waals surface area contributed by atoms with Gasteiger partial charge in [0.1, 0.15) is 0 Å². The third-order valence-corrected chi connectivity index (χ3v) is 7.52. The maximum Gasteiger partial charge on any atom is 0.272 e. The minimum Gasteiger partial charge on any atom is -0.371 e. The molecule has 1 aromatic carbocycles. The molecule has 1 aliphatic carbocycles. The van der Waals surface area contributed by atoms with Crippen molar-refractivity contribution < 1.29 is 4.79 Å². The number of piperidine rings is 1. The number of nitrogens with zero attached hydrogens (tertiary/aromatic N) is 4. The molecule has 8 nitrogen and oxygen atoms in total. The Morgan fingerprint density at radius 2 is 2.13 bits per heavy atom. The smallest absolute Gasteiger partial charge is 0.272 e. The molecule has 0 radical (unpaired) electrons. The highest BCUT2D eigenvalue weighted by Crippen LogP contribution is 2.36. The van der Waals surface area contributed by atoms with Crippen LogP contribution in [0.25, 0.3) is 6.08 Å². The van der Waals surface area contributed by atoms with Gasteiger partial charge in [-0.15, -0.1) is 5.92 Å². The van der Waals surface area contributed by atoms with Crippen molar-refractivity contribution in [2.75, 3.05) is 48.8 Å². The molecule has 5 rings (SSSR count). The average Bonchev–Trinajstić information content (AvgIpc) is 3.27. The zero-order valence-corrected chi connectivity index (χ0v) is 22.6. The standard InChI is InChI=1S/C30H37N7O/c1-4-5-17-37-27(28(32-2)34-30(37)36-16-10-12-23(31)20-36)29(38)33-19-22-18-21-11-6-8-14-25(21)35(3)26-15-9-7-13-24(22)26/h6-8,11,13-14,18,23,32H,9-10,12,15-17,19-20,31H2,1-3H3,(H,33,38). The van der Waals surface area contributed by atoms with Crippen LogP contribution in [-0.4, -0.2) is 55.2 Å². The maximum absolute atomic E-state index is 13.8. The zero-order valence-electron chi connectivity index (χ0n) is 22.6. The minimum atomic E-state index is -0.180. The molecule has 1 atom stereocenters. The molecule has 1 fully saturated rings. The summed E-state index contributed by atoms with van der Waals surface area (Å²) in [6.07, 6.45) is 10.6. The van der Waals surface area contributed by atoms with E-state index in [1.165, 1.54) is 17.0 Å². The van der Waals surface area contributed by atoms with E-state index in [9.17, 15) is 4.79 Å². The second-order valence-corrected chi connectivity index (χ2v) is 9.99. The minimum absolute atomic E-state index is 0.0932. The number of amides is 1. The summed E-state index contributed by atoms with van der Waals surface area (Å²) < 4.78 is 1.92. The van der Waals surface area contributed by atoms with E-state index >= 15 is 0 Å². The number of nitrogens with two attached hydrogens (primary N) is 1. The van der Waals surface area contributed by atoms with Gasteiger partial charge in [-0.1, -0.05) is 36.3 Å². The van der Waals surface area contributed by atoms with E-state index in [2.05, 4.69) is 81.8 Å². The summed E-state index contributed by atoms with van der Waals surface area (Å²) in [6.45, 7) is 4.17. The number of anilines is 3. The molecular formula is C30H37N7O. The Morgan fingerprint density at radius 3 is 2.92 bits per heavy atom. The lowest BCUT2D eigenvalue weighted by Gasteiger charge is -2.31. The van der Waals surface area contributed by atoms with Gasteiger partial charge in [-0.3, -0.25) is 9.36 Å². The predicted octanol–water partition coefficient (Wildman–Crippen LogP) is 3.74. The van der Waals surface area contributed by atoms with Crippen LogP contribution in [0, 0.1) is 11.8 Å². The van der Waals surface area contributed by atoms with Crippen LogP contribution in [0.4, 0.5) is 17.5 Å². The van der Waals surface area contributed by atoms with Crippen LogP contribution < -0.4 is 26.2 Å². The fourth-order valence-electron chi connectivity index (χ4n) is 5.61. The molecule has 8 heteroatoms. The van der Waals surface area contributed by atoms with E-state index < -0.39 is 0 Å². The third-order valence-electron chi connectivity index (χ3n) is 7.52. The molecule has 1 aromatic heterocycles. The van der Waals surface area contributed by atoms with E-state index in [4.69, 9.17) is 10.7 Å². The number of hydrogen-bond acceptors (Lipinski definition) is 6. The lowest BCUT2D eigenvalue weighted by atomic mass is 9.95. The number of rotatable bonds is 6. The molecule has 1 saturated heterocycles. The van der Waals surface area contributed by atoms with Gasteiger partial charge in [0.05, 0.1) is 6.54 Å². The fourth-order valence-corrected chi connectivity index (χ4v) is 5.61. The largest absolute Gasteiger partial charge is 0.371 e. The number of para-hydroxylation sites is 1. The number of benzene rings is 1. The molecule has 38 heavy (non-hydrogen) atoms. The van der Waals surface area contributed by atoms with Crippen molar-refractivity contribution >= 4 is 29.4 Å². The Bertz CT molecular complexity index is 1370. The number of carbonyl (C=O) groups excluding carboxylic acids is 1. The Balaban J connectivity index is 1.47. The number of carbonyl (C=O) groups is 1. The molecule has 198 valence electrons. The van der Waals surface area contributed by atoms with E-state index in [1.54, 1.807) is 7.05 Å². The first kappa shape index (κ1) is 25.7. The van der Waals surface area contributed by atoms with Crippen LogP contribution in [0.3, 0.4) is 0 Å². The van der Waals surface area contributed by atoms with Crippen molar-refractivity contribution in [1.82, 2.24) is 14.9 Å². The first-order valence-electron chi connectivity index (χ1n) is 13.4. The summed E-state index contributed by atoms with van der Waals surface area (Å²) in [4.78, 5) is 23.1. The summed E-state index contributed by atoms with van der Waals surface area (Å²) in [5.41, 5.74) is 12.6. The predicted molar refractivity (Wildman–Crippen MR) is 155 cm³/mol. The van der Waals surface area contributed by atoms with Crippen molar-refractivity contribution in [3.05, 3.63) is 64.5 Å². The van der Waals surface area contributed by atoms with Gasteiger partial charge < -0.3 is 26.2 Å². The number of fused-ring (bicyclic) bond motifs is 1. The number of nitrogens with one attached hydrogen (secondary N) is 2. The molecule has 2 aliphatic heterocycles. The van der Waals surface area contributed by atoms with Crippen LogP contribution in [0.1, 0.15) is 48.7 Å². The fraction of sp³-hybridized carbons (Fsp3) is 0.400. The van der Waals surface area contributed by atoms with Crippen LogP contribution in [-0.2, 0) is 6.54 Å². The summed E-state index contributed by atoms with van der Waals surface area (Å²) >= 11 is 0. The zero-order chi connectivity index (χ0) is 26.6. The average molecular weight is 512 g/mol. The monoisotopic (exact) mass is 511 g/mol. The lowest BCUT2D eigenvalue weighted by molar-refractivity contribution is 0.0949. The second kappa shape index (κ2) is 11.2. The highest BCUT2D eigenvalue weighted by atomic mass is 16.2. The Morgan fingerprint density at radius 1 is 1.29 bits per heavy atom. The summed E-state index contributed by atoms with van der Waals surface area (Å²) in [5, 5.41) is 6.34. The van der Waals surface area contributed by atoms with Gasteiger partial charge in [0.2, 0.25) is 5.95 Å². The number of aromatic nitrogens is 2. The Hall–Kier alpha value is -3.96. The van der Waals surface area contributed by atoms with Gasteiger partial charge in [0.15, 0.2) is 11.5 Å². The van der Waals surface area contributed by atoms with Crippen molar-refractivity contribution in [1.29, 1.82) is 0 Å². The number of allylic oxidation sites excluding steroid dienone is 3. The first-order valence-corrected chi connectivity index (χ1v) is 13.4. The first-order chi connectivity index (χ1) is 18.5. The molecule has 0 bridgehead atoms. The molecule has 1 unspecified atom stereocenters. The normalized spacial score (nSPS) is 18.6. The second-order valence-electron chi connectivity index (χ2n) is 9.99. The van der Waals surface area contributed by atoms with Gasteiger partial charge in [-0.05, 0) is 61.5 Å². The summed E-state index contributed by atoms with van der Waals surface area (Å²) in [6, 6.07) is 8.50. The third kappa shape index (κ3) is 4.94. The molecule has 0 spiro atoms. The van der Waals surface area contributed by atoms with Crippen molar-refractivity contribution in [3.63, 3.8) is 0 Å². The maximum atomic E-state index is 13.8. The number of hydrogen-bond donors (Lipinski definition) is 3. The van der Waals surface area contributed by atoms with Crippen LogP contribution in [0.15, 0.2) is 53.3 Å². The molecule has 2 aromatic rings. The highest BCUT2D eigenvalue weighted by Gasteiger charge is 2.28. The van der Waals surface area contributed by atoms with Gasteiger partial charge >= 0.3 is 0 Å². The quantitative estimate of drug-likeness (QED) is 0.512. The van der Waals surface area contributed by atoms with Crippen LogP contribution in [0.5, 0.6) is 0 Å². The van der Waals surface area contributed by atoms with Crippen molar-refractivity contribution in [2.24, 2.45) is 5.73 Å². The van der Waals surface area contributed by atoms with E-state index in [1.807, 2.05) is 11.5 Å². The van der Waals surface area contributed by atoms with Gasteiger partial charge in [0.25, 0.3) is 5.91 Å². The number of imidazole rings is 1. The van der Waals surface area contributed by atoms with Gasteiger partial charge in [0, 0.05) is 51.2 Å². The van der Waals surface area contributed by atoms with Gasteiger partial charge in [-0.25, -0.2) is 0 Å². The van der Waals surface area contributed by atoms with Crippen molar-refractivity contribution in [2.45, 2.75) is 45.2 Å². The molecular weight excluding hydrogens is 474 g/mol. The molecule has 0 saturated carbocycles. The van der Waals surface area contributed by atoms with E-state index in [0.29, 0.717) is 31.1 Å². The summed E-state index contributed by atoms with van der Waals surface area (Å²) in [5.74, 6) is 7.20. The van der Waals surface area contributed by atoms with Crippen LogP contribution >= 0.6 is 0 Å². The topological polar surface area (TPSA) is 91.5 Å². The van der Waals surface area contributed by atoms with Crippen LogP contribution in [0.2, 0.25) is 0 Å². The molecule has 3 aliphatic rings. The van der Waals surface area contributed by atoms with Crippen molar-refractivity contribution in [3.8, 4) is 11.8 Å².